The third-order valence-corrected chi connectivity index (χ3v) is 6.78. The molecule has 2 unspecified atom stereocenters. The maximum atomic E-state index is 12.8. The molecule has 3 saturated heterocycles. The van der Waals surface area contributed by atoms with Crippen LogP contribution in [0.25, 0.3) is 10.1 Å². The highest BCUT2D eigenvalue weighted by molar-refractivity contribution is 7.17. The normalized spacial score (nSPS) is 35.9. The molecule has 4 heterocycles. The lowest BCUT2D eigenvalue weighted by Gasteiger charge is -2.55. The summed E-state index contributed by atoms with van der Waals surface area (Å²) < 4.78 is 1.20. The van der Waals surface area contributed by atoms with E-state index in [1.165, 1.54) is 37.2 Å². The van der Waals surface area contributed by atoms with E-state index < -0.39 is 0 Å². The Morgan fingerprint density at radius 1 is 1.14 bits per heavy atom. The van der Waals surface area contributed by atoms with Crippen molar-refractivity contribution in [3.8, 4) is 0 Å². The zero-order valence-corrected chi connectivity index (χ0v) is 13.3. The van der Waals surface area contributed by atoms with Crippen molar-refractivity contribution >= 4 is 27.3 Å². The fourth-order valence-electron chi connectivity index (χ4n) is 5.03. The fourth-order valence-corrected chi connectivity index (χ4v) is 5.97. The first-order valence-corrected chi connectivity index (χ1v) is 9.15. The van der Waals surface area contributed by atoms with Gasteiger partial charge in [-0.25, -0.2) is 0 Å². The van der Waals surface area contributed by atoms with E-state index in [1.807, 2.05) is 17.5 Å². The molecule has 4 aliphatic rings. The average Bonchev–Trinajstić information content (AvgIpc) is 2.94. The summed E-state index contributed by atoms with van der Waals surface area (Å²) in [7, 11) is 0. The zero-order chi connectivity index (χ0) is 14.7. The van der Waals surface area contributed by atoms with Gasteiger partial charge in [-0.2, -0.15) is 0 Å². The van der Waals surface area contributed by atoms with E-state index >= 15 is 0 Å². The Labute approximate surface area is 134 Å². The quantitative estimate of drug-likeness (QED) is 0.924. The zero-order valence-electron chi connectivity index (χ0n) is 12.5. The Balaban J connectivity index is 1.41. The molecule has 3 aliphatic heterocycles. The van der Waals surface area contributed by atoms with Crippen LogP contribution in [0.3, 0.4) is 0 Å². The lowest BCUT2D eigenvalue weighted by atomic mass is 9.65. The Kier molecular flexibility index (Phi) is 2.86. The summed E-state index contributed by atoms with van der Waals surface area (Å²) in [6.07, 6.45) is 2.62. The van der Waals surface area contributed by atoms with Gasteiger partial charge in [0, 0.05) is 41.1 Å². The standard InChI is InChI=1S/C18H20N2OS/c21-18(15-10-22-16-4-2-1-3-14(15)16)19-17-12-5-11-6-13(17)9-20(7-11)8-12/h1-4,10-13,17H,5-9H2,(H,19,21). The van der Waals surface area contributed by atoms with Crippen LogP contribution in [0, 0.1) is 17.8 Å². The van der Waals surface area contributed by atoms with Crippen molar-refractivity contribution in [2.75, 3.05) is 19.6 Å². The van der Waals surface area contributed by atoms with Crippen LogP contribution in [-0.2, 0) is 0 Å². The van der Waals surface area contributed by atoms with Gasteiger partial charge < -0.3 is 10.2 Å². The number of rotatable bonds is 2. The molecule has 4 bridgehead atoms. The summed E-state index contributed by atoms with van der Waals surface area (Å²) in [5, 5.41) is 6.51. The van der Waals surface area contributed by atoms with Crippen LogP contribution >= 0.6 is 11.3 Å². The molecule has 6 rings (SSSR count). The van der Waals surface area contributed by atoms with Crippen molar-refractivity contribution in [2.24, 2.45) is 17.8 Å². The predicted molar refractivity (Wildman–Crippen MR) is 89.2 cm³/mol. The van der Waals surface area contributed by atoms with Crippen LogP contribution in [0.15, 0.2) is 29.6 Å². The van der Waals surface area contributed by atoms with Gasteiger partial charge in [0.1, 0.15) is 0 Å². The summed E-state index contributed by atoms with van der Waals surface area (Å²) in [6, 6.07) is 8.59. The highest BCUT2D eigenvalue weighted by atomic mass is 32.1. The van der Waals surface area contributed by atoms with Crippen LogP contribution < -0.4 is 5.32 Å². The van der Waals surface area contributed by atoms with E-state index in [2.05, 4.69) is 22.3 Å². The summed E-state index contributed by atoms with van der Waals surface area (Å²) in [6.45, 7) is 3.66. The van der Waals surface area contributed by atoms with E-state index in [1.54, 1.807) is 11.3 Å². The molecule has 2 atom stereocenters. The van der Waals surface area contributed by atoms with Crippen molar-refractivity contribution in [3.63, 3.8) is 0 Å². The largest absolute Gasteiger partial charge is 0.349 e. The van der Waals surface area contributed by atoms with Crippen molar-refractivity contribution in [3.05, 3.63) is 35.2 Å². The molecule has 2 aromatic rings. The van der Waals surface area contributed by atoms with Crippen LogP contribution in [0.4, 0.5) is 0 Å². The van der Waals surface area contributed by atoms with Crippen molar-refractivity contribution in [1.29, 1.82) is 0 Å². The third kappa shape index (κ3) is 1.94. The third-order valence-electron chi connectivity index (χ3n) is 5.81. The number of fused-ring (bicyclic) bond motifs is 1. The number of hydrogen-bond acceptors (Lipinski definition) is 3. The first kappa shape index (κ1) is 13.1. The van der Waals surface area contributed by atoms with Crippen molar-refractivity contribution < 1.29 is 4.79 Å². The molecule has 1 amide bonds. The number of amides is 1. The first-order chi connectivity index (χ1) is 10.8. The lowest BCUT2D eigenvalue weighted by molar-refractivity contribution is -0.0418. The summed E-state index contributed by atoms with van der Waals surface area (Å²) in [5.74, 6) is 2.35. The van der Waals surface area contributed by atoms with Crippen molar-refractivity contribution in [1.82, 2.24) is 10.2 Å². The number of carbonyl (C=O) groups excluding carboxylic acids is 1. The number of piperidine rings is 3. The molecule has 0 radical (unpaired) electrons. The van der Waals surface area contributed by atoms with E-state index in [0.29, 0.717) is 17.9 Å². The minimum absolute atomic E-state index is 0.130. The number of nitrogens with zero attached hydrogens (tertiary/aromatic N) is 1. The van der Waals surface area contributed by atoms with Gasteiger partial charge in [-0.15, -0.1) is 11.3 Å². The molecule has 1 N–H and O–H groups in total. The maximum absolute atomic E-state index is 12.8. The molecule has 1 aliphatic carbocycles. The van der Waals surface area contributed by atoms with Crippen LogP contribution in [0.1, 0.15) is 23.2 Å². The molecular weight excluding hydrogens is 292 g/mol. The SMILES string of the molecule is O=C(NC1C2CC3CC1CN(C3)C2)c1csc2ccccc12. The van der Waals surface area contributed by atoms with Gasteiger partial charge >= 0.3 is 0 Å². The molecule has 114 valence electrons. The average molecular weight is 312 g/mol. The van der Waals surface area contributed by atoms with E-state index in [9.17, 15) is 4.79 Å². The molecule has 1 saturated carbocycles. The summed E-state index contributed by atoms with van der Waals surface area (Å²) >= 11 is 1.66. The van der Waals surface area contributed by atoms with Crippen LogP contribution in [-0.4, -0.2) is 36.5 Å². The Hall–Kier alpha value is -1.39. The van der Waals surface area contributed by atoms with Gasteiger partial charge in [0.15, 0.2) is 0 Å². The number of hydrogen-bond donors (Lipinski definition) is 1. The smallest absolute Gasteiger partial charge is 0.252 e. The second-order valence-corrected chi connectivity index (χ2v) is 8.13. The molecule has 1 aromatic carbocycles. The molecule has 22 heavy (non-hydrogen) atoms. The Morgan fingerprint density at radius 2 is 1.91 bits per heavy atom. The Morgan fingerprint density at radius 3 is 2.68 bits per heavy atom. The molecule has 0 spiro atoms. The fraction of sp³-hybridized carbons (Fsp3) is 0.500. The maximum Gasteiger partial charge on any atom is 0.252 e. The first-order valence-electron chi connectivity index (χ1n) is 8.27. The highest BCUT2D eigenvalue weighted by Gasteiger charge is 2.47. The van der Waals surface area contributed by atoms with Gasteiger partial charge in [-0.05, 0) is 36.7 Å². The minimum Gasteiger partial charge on any atom is -0.349 e. The molecule has 1 aromatic heterocycles. The minimum atomic E-state index is 0.130. The highest BCUT2D eigenvalue weighted by Crippen LogP contribution is 2.43. The van der Waals surface area contributed by atoms with Gasteiger partial charge in [-0.3, -0.25) is 4.79 Å². The van der Waals surface area contributed by atoms with Gasteiger partial charge in [0.2, 0.25) is 0 Å². The number of nitrogens with one attached hydrogen (secondary N) is 1. The van der Waals surface area contributed by atoms with Crippen LogP contribution in [0.5, 0.6) is 0 Å². The lowest BCUT2D eigenvalue weighted by Crippen LogP contribution is -2.64. The molecule has 4 heteroatoms. The van der Waals surface area contributed by atoms with Gasteiger partial charge in [-0.1, -0.05) is 18.2 Å². The van der Waals surface area contributed by atoms with E-state index in [4.69, 9.17) is 0 Å². The monoisotopic (exact) mass is 312 g/mol. The van der Waals surface area contributed by atoms with E-state index in [0.717, 1.165) is 16.9 Å². The number of benzene rings is 1. The van der Waals surface area contributed by atoms with E-state index in [-0.39, 0.29) is 5.91 Å². The van der Waals surface area contributed by atoms with Crippen LogP contribution in [0.2, 0.25) is 0 Å². The second-order valence-electron chi connectivity index (χ2n) is 7.22. The molecule has 3 nitrogen and oxygen atoms in total. The summed E-state index contributed by atoms with van der Waals surface area (Å²) in [4.78, 5) is 15.4. The number of carbonyl (C=O) groups is 1. The van der Waals surface area contributed by atoms with Gasteiger partial charge in [0.05, 0.1) is 5.56 Å². The number of thiophene rings is 1. The molecule has 4 fully saturated rings. The summed E-state index contributed by atoms with van der Waals surface area (Å²) in [5.41, 5.74) is 0.856. The molecular formula is C18H20N2OS. The van der Waals surface area contributed by atoms with Crippen molar-refractivity contribution in [2.45, 2.75) is 18.9 Å². The topological polar surface area (TPSA) is 32.3 Å². The Bertz CT molecular complexity index is 710. The predicted octanol–water partition coefficient (Wildman–Crippen LogP) is 2.97. The second kappa shape index (κ2) is 4.80. The van der Waals surface area contributed by atoms with Gasteiger partial charge in [0.25, 0.3) is 5.91 Å².